The van der Waals surface area contributed by atoms with Gasteiger partial charge < -0.3 is 10.1 Å². The lowest BCUT2D eigenvalue weighted by Gasteiger charge is -2.08. The lowest BCUT2D eigenvalue weighted by molar-refractivity contribution is -0.120. The van der Waals surface area contributed by atoms with Crippen LogP contribution in [0.2, 0.25) is 0 Å². The Labute approximate surface area is 110 Å². The van der Waals surface area contributed by atoms with Crippen molar-refractivity contribution in [1.82, 2.24) is 5.32 Å². The number of carbonyl (C=O) groups is 1. The lowest BCUT2D eigenvalue weighted by Crippen LogP contribution is -2.24. The van der Waals surface area contributed by atoms with Crippen molar-refractivity contribution < 1.29 is 9.53 Å². The van der Waals surface area contributed by atoms with Gasteiger partial charge in [0.2, 0.25) is 5.91 Å². The molecule has 0 aromatic heterocycles. The fourth-order valence-corrected chi connectivity index (χ4v) is 1.58. The first-order chi connectivity index (χ1) is 8.13. The zero-order valence-corrected chi connectivity index (χ0v) is 11.4. The fourth-order valence-electron chi connectivity index (χ4n) is 1.44. The number of benzene rings is 1. The number of hydrogen-bond acceptors (Lipinski definition) is 2. The molecule has 1 rings (SSSR count). The van der Waals surface area contributed by atoms with E-state index >= 15 is 0 Å². The Morgan fingerprint density at radius 2 is 2.18 bits per heavy atom. The second-order valence-electron chi connectivity index (χ2n) is 3.61. The van der Waals surface area contributed by atoms with Crippen molar-refractivity contribution in [3.05, 3.63) is 40.9 Å². The Morgan fingerprint density at radius 3 is 2.82 bits per heavy atom. The molecule has 1 amide bonds. The minimum Gasteiger partial charge on any atom is -0.496 e. The number of nitrogens with one attached hydrogen (secondary N) is 1. The van der Waals surface area contributed by atoms with Crippen molar-refractivity contribution in [2.75, 3.05) is 13.7 Å². The zero-order valence-electron chi connectivity index (χ0n) is 9.83. The number of rotatable bonds is 6. The van der Waals surface area contributed by atoms with Crippen molar-refractivity contribution in [2.45, 2.75) is 12.8 Å². The van der Waals surface area contributed by atoms with Gasteiger partial charge in [0.25, 0.3) is 0 Å². The van der Waals surface area contributed by atoms with Crippen LogP contribution in [0.4, 0.5) is 0 Å². The molecule has 1 N–H and O–H groups in total. The number of carbonyl (C=O) groups excluding carboxylic acids is 1. The Morgan fingerprint density at radius 1 is 1.47 bits per heavy atom. The highest BCUT2D eigenvalue weighted by Gasteiger charge is 2.05. The Hall–Kier alpha value is -1.29. The first kappa shape index (κ1) is 13.8. The van der Waals surface area contributed by atoms with E-state index in [1.165, 1.54) is 0 Å². The summed E-state index contributed by atoms with van der Waals surface area (Å²) in [6.07, 6.45) is 1.12. The second kappa shape index (κ2) is 7.12. The molecular weight excluding hydrogens is 282 g/mol. The third-order valence-electron chi connectivity index (χ3n) is 2.29. The molecule has 1 aromatic rings. The van der Waals surface area contributed by atoms with Gasteiger partial charge in [0.1, 0.15) is 5.75 Å². The van der Waals surface area contributed by atoms with E-state index in [-0.39, 0.29) is 5.91 Å². The van der Waals surface area contributed by atoms with Crippen LogP contribution in [-0.2, 0) is 11.2 Å². The van der Waals surface area contributed by atoms with Gasteiger partial charge in [-0.3, -0.25) is 4.79 Å². The summed E-state index contributed by atoms with van der Waals surface area (Å²) in [6.45, 7) is 4.12. The van der Waals surface area contributed by atoms with E-state index in [1.807, 2.05) is 24.3 Å². The van der Waals surface area contributed by atoms with Gasteiger partial charge >= 0.3 is 0 Å². The maximum Gasteiger partial charge on any atom is 0.220 e. The summed E-state index contributed by atoms with van der Waals surface area (Å²) in [7, 11) is 1.63. The largest absolute Gasteiger partial charge is 0.496 e. The summed E-state index contributed by atoms with van der Waals surface area (Å²) in [5.74, 6) is 0.835. The van der Waals surface area contributed by atoms with E-state index < -0.39 is 0 Å². The monoisotopic (exact) mass is 297 g/mol. The number of amides is 1. The molecule has 0 fully saturated rings. The molecule has 3 nitrogen and oxygen atoms in total. The normalized spacial score (nSPS) is 9.76. The Balaban J connectivity index is 2.44. The van der Waals surface area contributed by atoms with E-state index in [2.05, 4.69) is 27.8 Å². The maximum absolute atomic E-state index is 11.5. The summed E-state index contributed by atoms with van der Waals surface area (Å²) >= 11 is 3.19. The predicted molar refractivity (Wildman–Crippen MR) is 72.4 cm³/mol. The van der Waals surface area contributed by atoms with Crippen LogP contribution in [-0.4, -0.2) is 19.6 Å². The first-order valence-electron chi connectivity index (χ1n) is 5.35. The molecule has 0 unspecified atom stereocenters. The molecule has 1 aromatic carbocycles. The van der Waals surface area contributed by atoms with Crippen molar-refractivity contribution in [3.63, 3.8) is 0 Å². The second-order valence-corrected chi connectivity index (χ2v) is 4.73. The third kappa shape index (κ3) is 5.04. The molecule has 0 saturated heterocycles. The highest BCUT2D eigenvalue weighted by Crippen LogP contribution is 2.18. The summed E-state index contributed by atoms with van der Waals surface area (Å²) in [5.41, 5.74) is 1.04. The topological polar surface area (TPSA) is 38.3 Å². The average molecular weight is 298 g/mol. The van der Waals surface area contributed by atoms with Gasteiger partial charge in [-0.05, 0) is 18.1 Å². The van der Waals surface area contributed by atoms with Crippen molar-refractivity contribution in [2.24, 2.45) is 0 Å². The molecule has 92 valence electrons. The zero-order chi connectivity index (χ0) is 12.7. The molecule has 0 bridgehead atoms. The Kier molecular flexibility index (Phi) is 5.77. The van der Waals surface area contributed by atoms with Crippen LogP contribution in [0.5, 0.6) is 5.75 Å². The number of hydrogen-bond donors (Lipinski definition) is 1. The van der Waals surface area contributed by atoms with Gasteiger partial charge in [-0.1, -0.05) is 40.7 Å². The highest BCUT2D eigenvalue weighted by molar-refractivity contribution is 9.11. The smallest absolute Gasteiger partial charge is 0.220 e. The summed E-state index contributed by atoms with van der Waals surface area (Å²) in [4.78, 5) is 11.5. The molecule has 0 atom stereocenters. The number of aryl methyl sites for hydroxylation is 1. The standard InChI is InChI=1S/C13H16BrNO2/c1-10(14)9-15-13(16)8-7-11-5-3-4-6-12(11)17-2/h3-6H,1,7-9H2,2H3,(H,15,16). The van der Waals surface area contributed by atoms with Crippen LogP contribution in [0.1, 0.15) is 12.0 Å². The molecule has 0 aliphatic heterocycles. The number of para-hydroxylation sites is 1. The molecular formula is C13H16BrNO2. The van der Waals surface area contributed by atoms with Gasteiger partial charge in [-0.25, -0.2) is 0 Å². The first-order valence-corrected chi connectivity index (χ1v) is 6.14. The van der Waals surface area contributed by atoms with Crippen LogP contribution in [0, 0.1) is 0 Å². The SMILES string of the molecule is C=C(Br)CNC(=O)CCc1ccccc1OC. The summed E-state index contributed by atoms with van der Waals surface area (Å²) in [6, 6.07) is 7.72. The number of halogens is 1. The van der Waals surface area contributed by atoms with Gasteiger partial charge in [0, 0.05) is 17.4 Å². The van der Waals surface area contributed by atoms with E-state index in [0.29, 0.717) is 19.4 Å². The molecule has 0 aliphatic rings. The minimum absolute atomic E-state index is 0.0107. The molecule has 0 heterocycles. The summed E-state index contributed by atoms with van der Waals surface area (Å²) < 4.78 is 5.99. The highest BCUT2D eigenvalue weighted by atomic mass is 79.9. The van der Waals surface area contributed by atoms with E-state index in [4.69, 9.17) is 4.74 Å². The minimum atomic E-state index is 0.0107. The molecule has 17 heavy (non-hydrogen) atoms. The van der Waals surface area contributed by atoms with Crippen LogP contribution >= 0.6 is 15.9 Å². The van der Waals surface area contributed by atoms with Crippen molar-refractivity contribution in [3.8, 4) is 5.75 Å². The van der Waals surface area contributed by atoms with Gasteiger partial charge in [-0.15, -0.1) is 0 Å². The molecule has 4 heteroatoms. The molecule has 0 radical (unpaired) electrons. The van der Waals surface area contributed by atoms with Crippen LogP contribution in [0.15, 0.2) is 35.3 Å². The maximum atomic E-state index is 11.5. The molecule has 0 saturated carbocycles. The van der Waals surface area contributed by atoms with Crippen LogP contribution in [0.25, 0.3) is 0 Å². The predicted octanol–water partition coefficient (Wildman–Crippen LogP) is 2.65. The van der Waals surface area contributed by atoms with Gasteiger partial charge in [0.15, 0.2) is 0 Å². The quantitative estimate of drug-likeness (QED) is 0.877. The van der Waals surface area contributed by atoms with Gasteiger partial charge in [0.05, 0.1) is 7.11 Å². The van der Waals surface area contributed by atoms with Gasteiger partial charge in [-0.2, -0.15) is 0 Å². The average Bonchev–Trinajstić information content (AvgIpc) is 2.34. The van der Waals surface area contributed by atoms with Crippen LogP contribution < -0.4 is 10.1 Å². The fraction of sp³-hybridized carbons (Fsp3) is 0.308. The number of methoxy groups -OCH3 is 1. The van der Waals surface area contributed by atoms with Crippen molar-refractivity contribution >= 4 is 21.8 Å². The lowest BCUT2D eigenvalue weighted by atomic mass is 10.1. The van der Waals surface area contributed by atoms with Crippen LogP contribution in [0.3, 0.4) is 0 Å². The van der Waals surface area contributed by atoms with E-state index in [0.717, 1.165) is 15.8 Å². The molecule has 0 spiro atoms. The van der Waals surface area contributed by atoms with Crippen molar-refractivity contribution in [1.29, 1.82) is 0 Å². The number of ether oxygens (including phenoxy) is 1. The summed E-state index contributed by atoms with van der Waals surface area (Å²) in [5, 5.41) is 2.76. The van der Waals surface area contributed by atoms with E-state index in [9.17, 15) is 4.79 Å². The van der Waals surface area contributed by atoms with E-state index in [1.54, 1.807) is 7.11 Å². The Bertz CT molecular complexity index is 404. The molecule has 0 aliphatic carbocycles. The third-order valence-corrected chi connectivity index (χ3v) is 2.57.